The fourth-order valence-corrected chi connectivity index (χ4v) is 4.94. The third kappa shape index (κ3) is 2.45. The molecule has 1 aliphatic heterocycles. The summed E-state index contributed by atoms with van der Waals surface area (Å²) in [6.07, 6.45) is 1.74. The molecule has 0 bridgehead atoms. The maximum Gasteiger partial charge on any atom is 0.251 e. The van der Waals surface area contributed by atoms with Crippen LogP contribution in [0.15, 0.2) is 48.5 Å². The third-order valence-corrected chi connectivity index (χ3v) is 5.98. The van der Waals surface area contributed by atoms with Gasteiger partial charge in [-0.2, -0.15) is 0 Å². The average molecular weight is 290 g/mol. The summed E-state index contributed by atoms with van der Waals surface area (Å²) in [5.74, 6) is 1.67. The maximum atomic E-state index is 6.07. The van der Waals surface area contributed by atoms with E-state index in [0.717, 1.165) is 35.2 Å². The lowest BCUT2D eigenvalue weighted by molar-refractivity contribution is 0.490. The van der Waals surface area contributed by atoms with E-state index in [2.05, 4.69) is 19.1 Å². The van der Waals surface area contributed by atoms with Crippen molar-refractivity contribution in [2.75, 3.05) is 6.16 Å². The van der Waals surface area contributed by atoms with E-state index in [1.165, 1.54) is 0 Å². The van der Waals surface area contributed by atoms with Gasteiger partial charge in [-0.05, 0) is 18.6 Å². The second-order valence-electron chi connectivity index (χ2n) is 4.51. The first-order valence-electron chi connectivity index (χ1n) is 6.38. The second kappa shape index (κ2) is 5.07. The minimum absolute atomic E-state index is 0.783. The molecule has 0 amide bonds. The topological polar surface area (TPSA) is 18.5 Å². The van der Waals surface area contributed by atoms with Crippen LogP contribution in [0, 0.1) is 0 Å². The van der Waals surface area contributed by atoms with Crippen LogP contribution in [0.2, 0.25) is 0 Å². The van der Waals surface area contributed by atoms with Crippen molar-refractivity contribution in [3.63, 3.8) is 0 Å². The van der Waals surface area contributed by atoms with E-state index in [1.807, 2.05) is 36.4 Å². The van der Waals surface area contributed by atoms with Gasteiger partial charge in [0.1, 0.15) is 6.16 Å². The van der Waals surface area contributed by atoms with E-state index in [-0.39, 0.29) is 0 Å². The molecular weight excluding hydrogens is 275 g/mol. The van der Waals surface area contributed by atoms with Crippen LogP contribution >= 0.6 is 6.92 Å². The molecule has 3 rings (SSSR count). The first kappa shape index (κ1) is 12.8. The first-order valence-corrected chi connectivity index (χ1v) is 9.21. The molecule has 0 N–H and O–H groups in total. The summed E-state index contributed by atoms with van der Waals surface area (Å²) in [5, 5.41) is 0. The van der Waals surface area contributed by atoms with Crippen molar-refractivity contribution in [3.05, 3.63) is 48.5 Å². The van der Waals surface area contributed by atoms with Gasteiger partial charge in [-0.3, -0.25) is 0 Å². The van der Waals surface area contributed by atoms with Crippen molar-refractivity contribution < 1.29 is 9.05 Å². The minimum atomic E-state index is -2.29. The lowest BCUT2D eigenvalue weighted by atomic mass is 10.0. The normalized spacial score (nSPS) is 15.5. The smallest absolute Gasteiger partial charge is 0.251 e. The number of hydrogen-bond donors (Lipinski definition) is 0. The van der Waals surface area contributed by atoms with Crippen molar-refractivity contribution in [2.45, 2.75) is 13.3 Å². The number of rotatable bonds is 2. The quantitative estimate of drug-likeness (QED) is 0.582. The van der Waals surface area contributed by atoms with Crippen LogP contribution in [0.1, 0.15) is 13.3 Å². The molecule has 0 atom stereocenters. The van der Waals surface area contributed by atoms with E-state index in [9.17, 15) is 0 Å². The summed E-state index contributed by atoms with van der Waals surface area (Å²) in [6, 6.07) is 16.0. The van der Waals surface area contributed by atoms with Crippen LogP contribution in [-0.4, -0.2) is 6.16 Å². The molecular formula is C15H15O2PS. The highest BCUT2D eigenvalue weighted by Crippen LogP contribution is 2.62. The molecule has 0 unspecified atom stereocenters. The highest BCUT2D eigenvalue weighted by molar-refractivity contribution is 8.38. The van der Waals surface area contributed by atoms with Gasteiger partial charge in [0.15, 0.2) is 11.5 Å². The summed E-state index contributed by atoms with van der Waals surface area (Å²) >= 11 is 5.66. The van der Waals surface area contributed by atoms with Crippen LogP contribution in [0.4, 0.5) is 0 Å². The summed E-state index contributed by atoms with van der Waals surface area (Å²) in [5.41, 5.74) is 2.11. The molecule has 0 aromatic heterocycles. The molecule has 19 heavy (non-hydrogen) atoms. The van der Waals surface area contributed by atoms with Gasteiger partial charge in [0.25, 0.3) is 6.92 Å². The average Bonchev–Trinajstić information content (AvgIpc) is 2.52. The molecule has 2 aromatic rings. The molecule has 0 radical (unpaired) electrons. The monoisotopic (exact) mass is 290 g/mol. The molecule has 2 nitrogen and oxygen atoms in total. The zero-order valence-electron chi connectivity index (χ0n) is 10.7. The minimum Gasteiger partial charge on any atom is -0.473 e. The lowest BCUT2D eigenvalue weighted by Gasteiger charge is -2.27. The van der Waals surface area contributed by atoms with E-state index in [1.54, 1.807) is 0 Å². The molecule has 4 heteroatoms. The molecule has 1 aliphatic rings. The Labute approximate surface area is 119 Å². The zero-order valence-corrected chi connectivity index (χ0v) is 12.4. The Bertz CT molecular complexity index is 553. The Morgan fingerprint density at radius 3 is 1.84 bits per heavy atom. The van der Waals surface area contributed by atoms with Crippen molar-refractivity contribution in [1.82, 2.24) is 0 Å². The molecule has 0 aliphatic carbocycles. The van der Waals surface area contributed by atoms with Crippen LogP contribution < -0.4 is 9.05 Å². The van der Waals surface area contributed by atoms with Crippen molar-refractivity contribution in [3.8, 4) is 22.6 Å². The summed E-state index contributed by atoms with van der Waals surface area (Å²) in [4.78, 5) is 0. The number of fused-ring (bicyclic) bond motifs is 3. The van der Waals surface area contributed by atoms with E-state index in [4.69, 9.17) is 21.3 Å². The lowest BCUT2D eigenvalue weighted by Crippen LogP contribution is -2.08. The van der Waals surface area contributed by atoms with Gasteiger partial charge in [0, 0.05) is 11.1 Å². The Kier molecular flexibility index (Phi) is 3.42. The predicted molar refractivity (Wildman–Crippen MR) is 82.6 cm³/mol. The summed E-state index contributed by atoms with van der Waals surface area (Å²) in [6.45, 7) is -0.187. The summed E-state index contributed by atoms with van der Waals surface area (Å²) in [7, 11) is 0. The zero-order chi connectivity index (χ0) is 13.3. The number of benzene rings is 2. The third-order valence-electron chi connectivity index (χ3n) is 3.04. The van der Waals surface area contributed by atoms with Gasteiger partial charge in [-0.1, -0.05) is 43.3 Å². The Morgan fingerprint density at radius 2 is 1.37 bits per heavy atom. The van der Waals surface area contributed by atoms with Gasteiger partial charge in [-0.25, -0.2) is 0 Å². The SMILES string of the molecule is CCC[P+]1([S-])Oc2ccccc2-c2ccccc2O1. The highest BCUT2D eigenvalue weighted by Gasteiger charge is 2.34. The fourth-order valence-electron chi connectivity index (χ4n) is 2.22. The maximum absolute atomic E-state index is 6.07. The Morgan fingerprint density at radius 1 is 0.895 bits per heavy atom. The van der Waals surface area contributed by atoms with E-state index in [0.29, 0.717) is 0 Å². The fraction of sp³-hybridized carbons (Fsp3) is 0.200. The molecule has 1 heterocycles. The van der Waals surface area contributed by atoms with Crippen molar-refractivity contribution in [1.29, 1.82) is 0 Å². The Balaban J connectivity index is 2.18. The largest absolute Gasteiger partial charge is 0.473 e. The van der Waals surface area contributed by atoms with Gasteiger partial charge in [0.2, 0.25) is 0 Å². The van der Waals surface area contributed by atoms with E-state index < -0.39 is 6.92 Å². The number of para-hydroxylation sites is 2. The number of hydrogen-bond acceptors (Lipinski definition) is 3. The summed E-state index contributed by atoms with van der Waals surface area (Å²) < 4.78 is 12.1. The molecule has 0 saturated carbocycles. The van der Waals surface area contributed by atoms with Gasteiger partial charge in [-0.15, -0.1) is 0 Å². The molecule has 2 aromatic carbocycles. The molecule has 0 saturated heterocycles. The van der Waals surface area contributed by atoms with E-state index >= 15 is 0 Å². The molecule has 0 fully saturated rings. The van der Waals surface area contributed by atoms with Gasteiger partial charge >= 0.3 is 0 Å². The van der Waals surface area contributed by atoms with Gasteiger partial charge in [0.05, 0.1) is 0 Å². The van der Waals surface area contributed by atoms with Crippen LogP contribution in [0.3, 0.4) is 0 Å². The first-order chi connectivity index (χ1) is 9.22. The van der Waals surface area contributed by atoms with Crippen molar-refractivity contribution >= 4 is 19.2 Å². The Hall–Kier alpha value is -1.18. The highest BCUT2D eigenvalue weighted by atomic mass is 32.7. The second-order valence-corrected chi connectivity index (χ2v) is 8.21. The van der Waals surface area contributed by atoms with Gasteiger partial charge < -0.3 is 21.3 Å². The van der Waals surface area contributed by atoms with Crippen LogP contribution in [0.25, 0.3) is 11.1 Å². The van der Waals surface area contributed by atoms with Crippen LogP contribution in [0.5, 0.6) is 11.5 Å². The predicted octanol–water partition coefficient (Wildman–Crippen LogP) is 4.84. The van der Waals surface area contributed by atoms with Crippen LogP contribution in [-0.2, 0) is 12.2 Å². The standard InChI is InChI=1S/C15H15O2PS/c1-2-11-18(19)16-14-9-5-3-7-12(14)13-8-4-6-10-15(13)17-18/h3-10H,2,11H2,1H3. The molecule has 0 spiro atoms. The van der Waals surface area contributed by atoms with Crippen molar-refractivity contribution in [2.24, 2.45) is 0 Å². The molecule has 98 valence electrons.